The largest absolute Gasteiger partial charge is 0.454 e. The molecular weight excluding hydrogens is 440 g/mol. The highest BCUT2D eigenvalue weighted by Crippen LogP contribution is 2.22. The van der Waals surface area contributed by atoms with Gasteiger partial charge in [0.05, 0.1) is 0 Å². The zero-order chi connectivity index (χ0) is 26.3. The lowest BCUT2D eigenvalue weighted by Crippen LogP contribution is -2.52. The summed E-state index contributed by atoms with van der Waals surface area (Å²) in [5, 5.41) is 5.13. The lowest BCUT2D eigenvalue weighted by molar-refractivity contribution is -0.163. The summed E-state index contributed by atoms with van der Waals surface area (Å²) in [6.45, 7) is 15.0. The number of carbonyl (C=O) groups is 4. The molecular formula is C25H38N2O7. The Morgan fingerprint density at radius 3 is 1.68 bits per heavy atom. The summed E-state index contributed by atoms with van der Waals surface area (Å²) in [5.41, 5.74) is -1.87. The molecule has 0 aromatic heterocycles. The van der Waals surface area contributed by atoms with Gasteiger partial charge in [0, 0.05) is 12.5 Å². The van der Waals surface area contributed by atoms with Crippen molar-refractivity contribution in [1.29, 1.82) is 0 Å². The highest BCUT2D eigenvalue weighted by Gasteiger charge is 2.38. The SMILES string of the molecule is CC(C)(C)OC(=O)NC[C@@H](c1ccccc1)[C@@H](NC(=O)OC(C)(C)C)C(=O)C(=O)OC(C)(C)C. The van der Waals surface area contributed by atoms with E-state index in [0.717, 1.165) is 0 Å². The maximum Gasteiger partial charge on any atom is 0.408 e. The fourth-order valence-corrected chi connectivity index (χ4v) is 2.87. The number of nitrogens with one attached hydrogen (secondary N) is 2. The third kappa shape index (κ3) is 11.2. The summed E-state index contributed by atoms with van der Waals surface area (Å²) in [7, 11) is 0. The molecule has 190 valence electrons. The molecule has 0 bridgehead atoms. The number of rotatable bonds is 7. The zero-order valence-corrected chi connectivity index (χ0v) is 21.6. The summed E-state index contributed by atoms with van der Waals surface area (Å²) in [5.74, 6) is -2.89. The lowest BCUT2D eigenvalue weighted by Gasteiger charge is -2.30. The summed E-state index contributed by atoms with van der Waals surface area (Å²) >= 11 is 0. The van der Waals surface area contributed by atoms with Crippen LogP contribution in [-0.2, 0) is 23.8 Å². The first-order chi connectivity index (χ1) is 15.4. The molecule has 2 N–H and O–H groups in total. The van der Waals surface area contributed by atoms with Crippen LogP contribution in [0.2, 0.25) is 0 Å². The number of Topliss-reactive ketones (excluding diaryl/α,β-unsaturated/α-hetero) is 1. The average molecular weight is 479 g/mol. The molecule has 0 saturated heterocycles. The van der Waals surface area contributed by atoms with Crippen LogP contribution in [-0.4, -0.2) is 53.3 Å². The van der Waals surface area contributed by atoms with Gasteiger partial charge in [0.25, 0.3) is 5.78 Å². The minimum absolute atomic E-state index is 0.103. The minimum Gasteiger partial charge on any atom is -0.454 e. The minimum atomic E-state index is -1.37. The number of hydrogen-bond acceptors (Lipinski definition) is 7. The van der Waals surface area contributed by atoms with Crippen molar-refractivity contribution in [2.45, 2.75) is 91.1 Å². The quantitative estimate of drug-likeness (QED) is 0.344. The smallest absolute Gasteiger partial charge is 0.408 e. The van der Waals surface area contributed by atoms with E-state index in [-0.39, 0.29) is 6.54 Å². The number of carbonyl (C=O) groups excluding carboxylic acids is 4. The molecule has 1 aromatic carbocycles. The van der Waals surface area contributed by atoms with Gasteiger partial charge in [0.15, 0.2) is 0 Å². The first-order valence-corrected chi connectivity index (χ1v) is 11.2. The van der Waals surface area contributed by atoms with Gasteiger partial charge in [-0.2, -0.15) is 0 Å². The van der Waals surface area contributed by atoms with Crippen LogP contribution >= 0.6 is 0 Å². The maximum absolute atomic E-state index is 13.2. The molecule has 0 spiro atoms. The van der Waals surface area contributed by atoms with E-state index in [1.165, 1.54) is 0 Å². The van der Waals surface area contributed by atoms with Crippen molar-refractivity contribution < 1.29 is 33.4 Å². The molecule has 9 heteroatoms. The number of ether oxygens (including phenoxy) is 3. The van der Waals surface area contributed by atoms with Crippen molar-refractivity contribution in [3.63, 3.8) is 0 Å². The van der Waals surface area contributed by atoms with E-state index < -0.39 is 52.7 Å². The Balaban J connectivity index is 3.33. The molecule has 1 aromatic rings. The number of benzene rings is 1. The number of esters is 1. The lowest BCUT2D eigenvalue weighted by atomic mass is 9.88. The molecule has 34 heavy (non-hydrogen) atoms. The monoisotopic (exact) mass is 478 g/mol. The second-order valence-corrected chi connectivity index (χ2v) is 10.9. The van der Waals surface area contributed by atoms with E-state index in [4.69, 9.17) is 14.2 Å². The van der Waals surface area contributed by atoms with E-state index in [9.17, 15) is 19.2 Å². The predicted molar refractivity (Wildman–Crippen MR) is 127 cm³/mol. The first kappa shape index (κ1) is 28.9. The maximum atomic E-state index is 13.2. The Morgan fingerprint density at radius 1 is 0.735 bits per heavy atom. The van der Waals surface area contributed by atoms with Crippen molar-refractivity contribution in [2.24, 2.45) is 0 Å². The standard InChI is InChI=1S/C25H38N2O7/c1-23(2,3)32-20(29)19(28)18(27-22(31)34-25(7,8)9)17(16-13-11-10-12-14-16)15-26-21(30)33-24(4,5)6/h10-14,17-18H,15H2,1-9H3,(H,26,30)(H,27,31)/t17-,18+/m0/s1. The molecule has 9 nitrogen and oxygen atoms in total. The zero-order valence-electron chi connectivity index (χ0n) is 21.6. The van der Waals surface area contributed by atoms with Crippen LogP contribution in [0.25, 0.3) is 0 Å². The molecule has 2 atom stereocenters. The normalized spacial score (nSPS) is 13.8. The predicted octanol–water partition coefficient (Wildman–Crippen LogP) is 4.10. The fraction of sp³-hybridized carbons (Fsp3) is 0.600. The van der Waals surface area contributed by atoms with Crippen molar-refractivity contribution in [3.8, 4) is 0 Å². The average Bonchev–Trinajstić information content (AvgIpc) is 2.63. The van der Waals surface area contributed by atoms with Crippen LogP contribution in [0.1, 0.15) is 73.8 Å². The highest BCUT2D eigenvalue weighted by atomic mass is 16.6. The number of hydrogen-bond donors (Lipinski definition) is 2. The van der Waals surface area contributed by atoms with Gasteiger partial charge in [-0.05, 0) is 67.9 Å². The molecule has 2 amide bonds. The van der Waals surface area contributed by atoms with Crippen LogP contribution in [0.4, 0.5) is 9.59 Å². The first-order valence-electron chi connectivity index (χ1n) is 11.2. The van der Waals surface area contributed by atoms with Crippen LogP contribution in [0.5, 0.6) is 0 Å². The second kappa shape index (κ2) is 11.4. The third-order valence-corrected chi connectivity index (χ3v) is 4.05. The van der Waals surface area contributed by atoms with Crippen molar-refractivity contribution in [3.05, 3.63) is 35.9 Å². The molecule has 0 saturated carbocycles. The van der Waals surface area contributed by atoms with Crippen molar-refractivity contribution in [2.75, 3.05) is 6.54 Å². The van der Waals surface area contributed by atoms with Gasteiger partial charge >= 0.3 is 18.2 Å². The van der Waals surface area contributed by atoms with Gasteiger partial charge in [-0.15, -0.1) is 0 Å². The Bertz CT molecular complexity index is 862. The second-order valence-electron chi connectivity index (χ2n) is 10.9. The van der Waals surface area contributed by atoms with Gasteiger partial charge in [-0.1, -0.05) is 30.3 Å². The Labute approximate surface area is 201 Å². The summed E-state index contributed by atoms with van der Waals surface area (Å²) < 4.78 is 15.8. The van der Waals surface area contributed by atoms with Crippen molar-refractivity contribution >= 4 is 23.9 Å². The van der Waals surface area contributed by atoms with Crippen LogP contribution in [0.3, 0.4) is 0 Å². The van der Waals surface area contributed by atoms with Crippen LogP contribution < -0.4 is 10.6 Å². The fourth-order valence-electron chi connectivity index (χ4n) is 2.87. The molecule has 0 aliphatic rings. The van der Waals surface area contributed by atoms with Gasteiger partial charge in [0.2, 0.25) is 0 Å². The molecule has 0 unspecified atom stereocenters. The number of amides is 2. The molecule has 1 rings (SSSR count). The Hall–Kier alpha value is -3.10. The molecule has 0 aliphatic heterocycles. The molecule has 0 fully saturated rings. The van der Waals surface area contributed by atoms with Crippen LogP contribution in [0, 0.1) is 0 Å². The molecule has 0 heterocycles. The molecule has 0 aliphatic carbocycles. The van der Waals surface area contributed by atoms with Crippen molar-refractivity contribution in [1.82, 2.24) is 10.6 Å². The third-order valence-electron chi connectivity index (χ3n) is 4.05. The summed E-state index contributed by atoms with van der Waals surface area (Å²) in [6, 6.07) is 7.37. The molecule has 0 radical (unpaired) electrons. The topological polar surface area (TPSA) is 120 Å². The Morgan fingerprint density at radius 2 is 1.21 bits per heavy atom. The van der Waals surface area contributed by atoms with Gasteiger partial charge in [-0.3, -0.25) is 4.79 Å². The van der Waals surface area contributed by atoms with Gasteiger partial charge in [0.1, 0.15) is 22.8 Å². The van der Waals surface area contributed by atoms with E-state index >= 15 is 0 Å². The van der Waals surface area contributed by atoms with E-state index in [1.54, 1.807) is 92.6 Å². The van der Waals surface area contributed by atoms with Gasteiger partial charge in [-0.25, -0.2) is 14.4 Å². The van der Waals surface area contributed by atoms with Crippen LogP contribution in [0.15, 0.2) is 30.3 Å². The highest BCUT2D eigenvalue weighted by molar-refractivity contribution is 6.36. The number of ketones is 1. The summed E-state index contributed by atoms with van der Waals surface area (Å²) in [6.07, 6.45) is -1.58. The van der Waals surface area contributed by atoms with E-state index in [1.807, 2.05) is 0 Å². The Kier molecular flexibility index (Phi) is 9.66. The number of alkyl carbamates (subject to hydrolysis) is 2. The van der Waals surface area contributed by atoms with Gasteiger partial charge < -0.3 is 24.8 Å². The van der Waals surface area contributed by atoms with E-state index in [2.05, 4.69) is 10.6 Å². The van der Waals surface area contributed by atoms with E-state index in [0.29, 0.717) is 5.56 Å². The summed E-state index contributed by atoms with van der Waals surface area (Å²) in [4.78, 5) is 50.8.